The van der Waals surface area contributed by atoms with Gasteiger partial charge in [0, 0.05) is 6.92 Å². The average Bonchev–Trinajstić information content (AvgIpc) is 2.29. The summed E-state index contributed by atoms with van der Waals surface area (Å²) in [5, 5.41) is 0. The minimum absolute atomic E-state index is 0.189. The van der Waals surface area contributed by atoms with E-state index in [4.69, 9.17) is 4.74 Å². The van der Waals surface area contributed by atoms with E-state index in [1.807, 2.05) is 31.2 Å². The van der Waals surface area contributed by atoms with Crippen molar-refractivity contribution in [2.75, 3.05) is 6.61 Å². The van der Waals surface area contributed by atoms with Gasteiger partial charge in [-0.25, -0.2) is 0 Å². The molecule has 0 radical (unpaired) electrons. The Labute approximate surface area is 100 Å². The third-order valence-electron chi connectivity index (χ3n) is 2.06. The number of hydrogen-bond acceptors (Lipinski definition) is 3. The zero-order valence-electron chi connectivity index (χ0n) is 9.95. The number of hydrazine groups is 1. The molecule has 0 spiro atoms. The van der Waals surface area contributed by atoms with E-state index in [1.54, 1.807) is 0 Å². The van der Waals surface area contributed by atoms with E-state index >= 15 is 0 Å². The molecule has 0 atom stereocenters. The van der Waals surface area contributed by atoms with Gasteiger partial charge in [-0.2, -0.15) is 0 Å². The van der Waals surface area contributed by atoms with Crippen molar-refractivity contribution in [1.29, 1.82) is 0 Å². The van der Waals surface area contributed by atoms with Crippen LogP contribution in [-0.4, -0.2) is 18.4 Å². The Kier molecular flexibility index (Phi) is 5.00. The van der Waals surface area contributed by atoms with Crippen molar-refractivity contribution in [2.45, 2.75) is 20.3 Å². The van der Waals surface area contributed by atoms with E-state index in [0.29, 0.717) is 0 Å². The predicted molar refractivity (Wildman–Crippen MR) is 63.3 cm³/mol. The van der Waals surface area contributed by atoms with E-state index in [1.165, 1.54) is 6.92 Å². The second kappa shape index (κ2) is 6.52. The molecule has 5 nitrogen and oxygen atoms in total. The quantitative estimate of drug-likeness (QED) is 0.764. The van der Waals surface area contributed by atoms with Gasteiger partial charge >= 0.3 is 0 Å². The van der Waals surface area contributed by atoms with Gasteiger partial charge < -0.3 is 4.74 Å². The molecule has 1 aromatic rings. The molecule has 0 aliphatic carbocycles. The molecule has 0 bridgehead atoms. The van der Waals surface area contributed by atoms with Gasteiger partial charge in [0.05, 0.1) is 13.0 Å². The summed E-state index contributed by atoms with van der Waals surface area (Å²) in [7, 11) is 0. The first kappa shape index (κ1) is 13.0. The number of hydrogen-bond donors (Lipinski definition) is 2. The van der Waals surface area contributed by atoms with Gasteiger partial charge in [0.25, 0.3) is 0 Å². The summed E-state index contributed by atoms with van der Waals surface area (Å²) in [5.41, 5.74) is 5.50. The maximum absolute atomic E-state index is 11.2. The van der Waals surface area contributed by atoms with Crippen LogP contribution in [0.1, 0.15) is 18.9 Å². The van der Waals surface area contributed by atoms with Crippen LogP contribution >= 0.6 is 0 Å². The molecule has 0 unspecified atom stereocenters. The van der Waals surface area contributed by atoms with Crippen molar-refractivity contribution >= 4 is 11.8 Å². The van der Waals surface area contributed by atoms with Crippen LogP contribution in [0.15, 0.2) is 24.3 Å². The first-order valence-corrected chi connectivity index (χ1v) is 5.33. The van der Waals surface area contributed by atoms with Gasteiger partial charge in [-0.15, -0.1) is 0 Å². The fraction of sp³-hybridized carbons (Fsp3) is 0.333. The normalized spacial score (nSPS) is 9.53. The van der Waals surface area contributed by atoms with Gasteiger partial charge in [-0.05, 0) is 18.6 Å². The van der Waals surface area contributed by atoms with Crippen LogP contribution in [0.5, 0.6) is 5.75 Å². The highest BCUT2D eigenvalue weighted by atomic mass is 16.5. The van der Waals surface area contributed by atoms with Crippen LogP contribution in [0.2, 0.25) is 0 Å². The zero-order chi connectivity index (χ0) is 12.7. The Morgan fingerprint density at radius 2 is 1.94 bits per heavy atom. The van der Waals surface area contributed by atoms with E-state index in [0.717, 1.165) is 11.3 Å². The predicted octanol–water partition coefficient (Wildman–Crippen LogP) is 0.931. The Hall–Kier alpha value is -2.04. The Balaban J connectivity index is 2.26. The number of amides is 2. The molecule has 1 aromatic carbocycles. The number of carbonyl (C=O) groups excluding carboxylic acids is 2. The topological polar surface area (TPSA) is 67.4 Å². The minimum Gasteiger partial charge on any atom is -0.493 e. The molecule has 5 heteroatoms. The van der Waals surface area contributed by atoms with Crippen LogP contribution in [0.4, 0.5) is 0 Å². The zero-order valence-corrected chi connectivity index (χ0v) is 9.95. The van der Waals surface area contributed by atoms with Gasteiger partial charge in [-0.1, -0.05) is 18.2 Å². The highest BCUT2D eigenvalue weighted by Crippen LogP contribution is 2.15. The molecule has 0 heterocycles. The Morgan fingerprint density at radius 1 is 1.24 bits per heavy atom. The van der Waals surface area contributed by atoms with E-state index in [2.05, 4.69) is 10.9 Å². The lowest BCUT2D eigenvalue weighted by Gasteiger charge is -2.09. The highest BCUT2D eigenvalue weighted by molar-refractivity contribution is 5.80. The Bertz CT molecular complexity index is 404. The highest BCUT2D eigenvalue weighted by Gasteiger charge is 2.03. The minimum atomic E-state index is -0.307. The van der Waals surface area contributed by atoms with Crippen LogP contribution < -0.4 is 15.6 Å². The fourth-order valence-corrected chi connectivity index (χ4v) is 1.19. The maximum atomic E-state index is 11.2. The summed E-state index contributed by atoms with van der Waals surface area (Å²) in [6.45, 7) is 3.53. The van der Waals surface area contributed by atoms with Crippen molar-refractivity contribution in [1.82, 2.24) is 10.9 Å². The molecule has 0 aromatic heterocycles. The van der Waals surface area contributed by atoms with Crippen LogP contribution in [0.3, 0.4) is 0 Å². The molecular formula is C12H16N2O3. The third kappa shape index (κ3) is 5.01. The number of carbonyl (C=O) groups is 2. The summed E-state index contributed by atoms with van der Waals surface area (Å²) >= 11 is 0. The lowest BCUT2D eigenvalue weighted by molar-refractivity contribution is -0.128. The second-order valence-corrected chi connectivity index (χ2v) is 3.59. The molecule has 0 fully saturated rings. The number of benzene rings is 1. The molecule has 2 amide bonds. The van der Waals surface area contributed by atoms with Gasteiger partial charge in [0.1, 0.15) is 5.75 Å². The van der Waals surface area contributed by atoms with E-state index < -0.39 is 0 Å². The maximum Gasteiger partial charge on any atom is 0.241 e. The number of aryl methyl sites for hydroxylation is 1. The van der Waals surface area contributed by atoms with Crippen molar-refractivity contribution in [3.63, 3.8) is 0 Å². The number of ether oxygens (including phenoxy) is 1. The second-order valence-electron chi connectivity index (χ2n) is 3.59. The first-order chi connectivity index (χ1) is 8.09. The van der Waals surface area contributed by atoms with E-state index in [9.17, 15) is 9.59 Å². The smallest absolute Gasteiger partial charge is 0.241 e. The summed E-state index contributed by atoms with van der Waals surface area (Å²) < 4.78 is 5.44. The Morgan fingerprint density at radius 3 is 2.59 bits per heavy atom. The van der Waals surface area contributed by atoms with Crippen molar-refractivity contribution < 1.29 is 14.3 Å². The molecule has 92 valence electrons. The number of para-hydroxylation sites is 1. The summed E-state index contributed by atoms with van der Waals surface area (Å²) in [5.74, 6) is 0.173. The van der Waals surface area contributed by atoms with Crippen LogP contribution in [0, 0.1) is 6.92 Å². The lowest BCUT2D eigenvalue weighted by atomic mass is 10.2. The molecule has 2 N–H and O–H groups in total. The van der Waals surface area contributed by atoms with Crippen LogP contribution in [0.25, 0.3) is 0 Å². The SMILES string of the molecule is CC(=O)NNC(=O)CCOc1ccccc1C. The lowest BCUT2D eigenvalue weighted by Crippen LogP contribution is -2.40. The number of nitrogens with one attached hydrogen (secondary N) is 2. The largest absolute Gasteiger partial charge is 0.493 e. The van der Waals surface area contributed by atoms with Crippen LogP contribution in [-0.2, 0) is 9.59 Å². The van der Waals surface area contributed by atoms with Gasteiger partial charge in [-0.3, -0.25) is 20.4 Å². The fourth-order valence-electron chi connectivity index (χ4n) is 1.19. The molecule has 17 heavy (non-hydrogen) atoms. The van der Waals surface area contributed by atoms with Crippen molar-refractivity contribution in [2.24, 2.45) is 0 Å². The average molecular weight is 236 g/mol. The summed E-state index contributed by atoms with van der Waals surface area (Å²) in [6.07, 6.45) is 0.189. The summed E-state index contributed by atoms with van der Waals surface area (Å²) in [6, 6.07) is 7.58. The van der Waals surface area contributed by atoms with Gasteiger partial charge in [0.15, 0.2) is 0 Å². The molecule has 0 saturated heterocycles. The standard InChI is InChI=1S/C12H16N2O3/c1-9-5-3-4-6-11(9)17-8-7-12(16)14-13-10(2)15/h3-6H,7-8H2,1-2H3,(H,13,15)(H,14,16). The first-order valence-electron chi connectivity index (χ1n) is 5.33. The molecular weight excluding hydrogens is 220 g/mol. The van der Waals surface area contributed by atoms with Crippen molar-refractivity contribution in [3.05, 3.63) is 29.8 Å². The molecule has 0 saturated carbocycles. The molecule has 1 rings (SSSR count). The van der Waals surface area contributed by atoms with Crippen molar-refractivity contribution in [3.8, 4) is 5.75 Å². The summed E-state index contributed by atoms with van der Waals surface area (Å²) in [4.78, 5) is 21.7. The third-order valence-corrected chi connectivity index (χ3v) is 2.06. The van der Waals surface area contributed by atoms with E-state index in [-0.39, 0.29) is 24.8 Å². The molecule has 0 aliphatic rings. The number of rotatable bonds is 4. The van der Waals surface area contributed by atoms with Gasteiger partial charge in [0.2, 0.25) is 11.8 Å². The molecule has 0 aliphatic heterocycles. The monoisotopic (exact) mass is 236 g/mol.